The first-order valence-corrected chi connectivity index (χ1v) is 7.42. The average Bonchev–Trinajstić information content (AvgIpc) is 2.90. The van der Waals surface area contributed by atoms with Gasteiger partial charge in [0.1, 0.15) is 11.9 Å². The maximum atomic E-state index is 12.3. The highest BCUT2D eigenvalue weighted by Gasteiger charge is 2.31. The topological polar surface area (TPSA) is 68.1 Å². The number of alkyl halides is 3. The number of esters is 1. The molecule has 0 radical (unpaired) electrons. The molecule has 0 atom stereocenters. The lowest BCUT2D eigenvalue weighted by Crippen LogP contribution is -2.27. The summed E-state index contributed by atoms with van der Waals surface area (Å²) in [6, 6.07) is 3.60. The van der Waals surface area contributed by atoms with E-state index in [4.69, 9.17) is 16.3 Å². The van der Waals surface area contributed by atoms with Gasteiger partial charge in [-0.3, -0.25) is 0 Å². The smallest absolute Gasteiger partial charge is 0.460 e. The van der Waals surface area contributed by atoms with E-state index in [0.717, 1.165) is 12.1 Å². The number of hydrogen-bond acceptors (Lipinski definition) is 4. The van der Waals surface area contributed by atoms with Crippen molar-refractivity contribution < 1.29 is 32.1 Å². The summed E-state index contributed by atoms with van der Waals surface area (Å²) >= 11 is 5.82. The van der Waals surface area contributed by atoms with Gasteiger partial charge in [0, 0.05) is 5.02 Å². The number of H-pyrrole nitrogens is 1. The van der Waals surface area contributed by atoms with Crippen LogP contribution >= 0.6 is 11.6 Å². The minimum Gasteiger partial charge on any atom is -0.460 e. The molecule has 0 aliphatic heterocycles. The number of halogens is 4. The van der Waals surface area contributed by atoms with Crippen LogP contribution in [0.25, 0.3) is 17.6 Å². The molecule has 2 aromatic rings. The van der Waals surface area contributed by atoms with Crippen molar-refractivity contribution in [3.05, 3.63) is 35.6 Å². The fraction of sp³-hybridized carbons (Fsp3) is 0.267. The predicted octanol–water partition coefficient (Wildman–Crippen LogP) is 3.34. The molecule has 1 aromatic heterocycles. The van der Waals surface area contributed by atoms with Crippen molar-refractivity contribution in [2.75, 3.05) is 0 Å². The fourth-order valence-corrected chi connectivity index (χ4v) is 2.04. The number of benzene rings is 1. The van der Waals surface area contributed by atoms with Crippen LogP contribution in [0.15, 0.2) is 30.6 Å². The zero-order valence-corrected chi connectivity index (χ0v) is 13.9. The molecule has 0 fully saturated rings. The van der Waals surface area contributed by atoms with Crippen LogP contribution in [-0.4, -0.2) is 28.5 Å². The summed E-state index contributed by atoms with van der Waals surface area (Å²) in [5.74, 6) is -0.771. The van der Waals surface area contributed by atoms with Gasteiger partial charge in [0.2, 0.25) is 0 Å². The van der Waals surface area contributed by atoms with Gasteiger partial charge < -0.3 is 9.47 Å². The van der Waals surface area contributed by atoms with E-state index < -0.39 is 18.1 Å². The van der Waals surface area contributed by atoms with Crippen molar-refractivity contribution in [1.29, 1.82) is 0 Å². The van der Waals surface area contributed by atoms with Crippen LogP contribution in [0, 0.1) is 0 Å². The van der Waals surface area contributed by atoms with E-state index in [-0.39, 0.29) is 22.5 Å². The van der Waals surface area contributed by atoms with Crippen LogP contribution in [0.2, 0.25) is 5.02 Å². The minimum atomic E-state index is -4.83. The van der Waals surface area contributed by atoms with Crippen molar-refractivity contribution in [1.82, 2.24) is 10.1 Å². The SMILES string of the molecule is CC(C)OC(=O)/C=C\[n+]1cnc(-c2cc(Cl)cc(OC(F)(F)F)c2)[nH]1. The summed E-state index contributed by atoms with van der Waals surface area (Å²) in [6.07, 6.45) is -1.21. The largest absolute Gasteiger partial charge is 0.573 e. The Morgan fingerprint density at radius 3 is 2.72 bits per heavy atom. The summed E-state index contributed by atoms with van der Waals surface area (Å²) in [4.78, 5) is 15.4. The quantitative estimate of drug-likeness (QED) is 0.493. The van der Waals surface area contributed by atoms with Gasteiger partial charge in [-0.25, -0.2) is 4.79 Å². The zero-order valence-electron chi connectivity index (χ0n) is 13.2. The Bertz CT molecular complexity index is 788. The highest BCUT2D eigenvalue weighted by molar-refractivity contribution is 6.31. The van der Waals surface area contributed by atoms with Crippen LogP contribution in [0.3, 0.4) is 0 Å². The van der Waals surface area contributed by atoms with Gasteiger partial charge in [0.25, 0.3) is 5.82 Å². The third-order valence-corrected chi connectivity index (χ3v) is 2.87. The Morgan fingerprint density at radius 1 is 1.36 bits per heavy atom. The lowest BCUT2D eigenvalue weighted by molar-refractivity contribution is -0.630. The first-order valence-electron chi connectivity index (χ1n) is 7.04. The molecular formula is C15H14ClF3N3O3+. The molecule has 0 saturated heterocycles. The van der Waals surface area contributed by atoms with Crippen LogP contribution < -0.4 is 9.42 Å². The molecule has 6 nitrogen and oxygen atoms in total. The molecule has 10 heteroatoms. The summed E-state index contributed by atoms with van der Waals surface area (Å²) in [7, 11) is 0. The third kappa shape index (κ3) is 6.11. The maximum Gasteiger partial charge on any atom is 0.573 e. The lowest BCUT2D eigenvalue weighted by atomic mass is 10.2. The van der Waals surface area contributed by atoms with Gasteiger partial charge in [-0.05, 0) is 37.0 Å². The molecule has 0 spiro atoms. The number of carbonyl (C=O) groups is 1. The van der Waals surface area contributed by atoms with E-state index in [1.165, 1.54) is 29.4 Å². The molecule has 1 aromatic carbocycles. The Morgan fingerprint density at radius 2 is 2.08 bits per heavy atom. The standard InChI is InChI=1S/C15H13ClF3N3O3/c1-9(2)24-13(23)3-4-22-8-20-14(21-22)10-5-11(16)7-12(6-10)25-15(17,18)19/h3-9H,1-2H3/p+1/b4-3-. The molecule has 2 rings (SSSR count). The number of nitrogens with zero attached hydrogens (tertiary/aromatic N) is 2. The lowest BCUT2D eigenvalue weighted by Gasteiger charge is -2.09. The molecule has 134 valence electrons. The molecule has 1 N–H and O–H groups in total. The Labute approximate surface area is 145 Å². The second-order valence-corrected chi connectivity index (χ2v) is 5.57. The Balaban J connectivity index is 2.19. The monoisotopic (exact) mass is 376 g/mol. The van der Waals surface area contributed by atoms with Crippen LogP contribution in [0.1, 0.15) is 13.8 Å². The van der Waals surface area contributed by atoms with Gasteiger partial charge in [-0.1, -0.05) is 11.6 Å². The van der Waals surface area contributed by atoms with Gasteiger partial charge in [-0.2, -0.15) is 5.10 Å². The molecule has 25 heavy (non-hydrogen) atoms. The van der Waals surface area contributed by atoms with Gasteiger partial charge >= 0.3 is 18.7 Å². The second kappa shape index (κ2) is 7.56. The number of hydrogen-bond donors (Lipinski definition) is 1. The van der Waals surface area contributed by atoms with E-state index in [2.05, 4.69) is 14.8 Å². The van der Waals surface area contributed by atoms with E-state index in [1.54, 1.807) is 13.8 Å². The number of carbonyl (C=O) groups excluding carboxylic acids is 1. The molecule has 0 aliphatic rings. The molecule has 0 bridgehead atoms. The van der Waals surface area contributed by atoms with Crippen LogP contribution in [-0.2, 0) is 9.53 Å². The molecular weight excluding hydrogens is 363 g/mol. The van der Waals surface area contributed by atoms with Crippen molar-refractivity contribution in [2.45, 2.75) is 26.3 Å². The molecule has 1 heterocycles. The van der Waals surface area contributed by atoms with Crippen LogP contribution in [0.4, 0.5) is 13.2 Å². The number of rotatable bonds is 5. The van der Waals surface area contributed by atoms with E-state index in [9.17, 15) is 18.0 Å². The second-order valence-electron chi connectivity index (χ2n) is 5.14. The van der Waals surface area contributed by atoms with Gasteiger partial charge in [0.05, 0.1) is 17.7 Å². The third-order valence-electron chi connectivity index (χ3n) is 2.65. The molecule has 0 aliphatic carbocycles. The number of ether oxygens (including phenoxy) is 2. The molecule has 0 amide bonds. The van der Waals surface area contributed by atoms with Crippen molar-refractivity contribution in [3.63, 3.8) is 0 Å². The molecule has 0 unspecified atom stereocenters. The first kappa shape index (κ1) is 18.8. The molecule has 0 saturated carbocycles. The van der Waals surface area contributed by atoms with Crippen LogP contribution in [0.5, 0.6) is 5.75 Å². The minimum absolute atomic E-state index is 0.0516. The summed E-state index contributed by atoms with van der Waals surface area (Å²) in [6.45, 7) is 3.43. The summed E-state index contributed by atoms with van der Waals surface area (Å²) in [5, 5.41) is 2.82. The van der Waals surface area contributed by atoms with Gasteiger partial charge in [0.15, 0.2) is 0 Å². The van der Waals surface area contributed by atoms with E-state index in [0.29, 0.717) is 0 Å². The van der Waals surface area contributed by atoms with E-state index >= 15 is 0 Å². The summed E-state index contributed by atoms with van der Waals surface area (Å²) < 4.78 is 47.1. The highest BCUT2D eigenvalue weighted by Crippen LogP contribution is 2.30. The fourth-order valence-electron chi connectivity index (χ4n) is 1.82. The zero-order chi connectivity index (χ0) is 18.6. The normalized spacial score (nSPS) is 12.0. The first-order chi connectivity index (χ1) is 11.6. The average molecular weight is 377 g/mol. The predicted molar refractivity (Wildman–Crippen MR) is 82.5 cm³/mol. The number of aromatic nitrogens is 3. The van der Waals surface area contributed by atoms with Crippen molar-refractivity contribution in [2.24, 2.45) is 0 Å². The van der Waals surface area contributed by atoms with E-state index in [1.807, 2.05) is 0 Å². The van der Waals surface area contributed by atoms with Crippen molar-refractivity contribution in [3.8, 4) is 17.1 Å². The van der Waals surface area contributed by atoms with Gasteiger partial charge in [-0.15, -0.1) is 17.9 Å². The highest BCUT2D eigenvalue weighted by atomic mass is 35.5. The Hall–Kier alpha value is -2.55. The summed E-state index contributed by atoms with van der Waals surface area (Å²) in [5.41, 5.74) is 0.281. The van der Waals surface area contributed by atoms with Crippen molar-refractivity contribution >= 4 is 23.8 Å². The number of nitrogens with one attached hydrogen (secondary N) is 1. The maximum absolute atomic E-state index is 12.3. The Kier molecular flexibility index (Phi) is 5.68. The number of aromatic amines is 1.